The molecule has 1 fully saturated rings. The van der Waals surface area contributed by atoms with Gasteiger partial charge in [-0.25, -0.2) is 4.98 Å². The fourth-order valence-corrected chi connectivity index (χ4v) is 2.24. The lowest BCUT2D eigenvalue weighted by Gasteiger charge is -2.24. The lowest BCUT2D eigenvalue weighted by atomic mass is 9.92. The number of Topliss-reactive ketones (excluding diaryl/α,β-unsaturated/α-hetero) is 2. The Bertz CT molecular complexity index is 1090. The highest BCUT2D eigenvalue weighted by Gasteiger charge is 2.30. The lowest BCUT2D eigenvalue weighted by Crippen LogP contribution is -2.36. The molecular weight excluding hydrogens is 270 g/mol. The molecule has 3 rings (SSSR count). The van der Waals surface area contributed by atoms with Crippen molar-refractivity contribution in [3.05, 3.63) is 34.3 Å². The maximum absolute atomic E-state index is 13.1. The Labute approximate surface area is 129 Å². The number of carbonyl (C=O) groups excluding carboxylic acids is 2. The molecule has 1 aliphatic carbocycles. The first-order chi connectivity index (χ1) is 12.4. The van der Waals surface area contributed by atoms with Gasteiger partial charge in [0.25, 0.3) is 5.56 Å². The molecule has 3 unspecified atom stereocenters. The second-order valence-electron chi connectivity index (χ2n) is 4.60. The van der Waals surface area contributed by atoms with Crippen molar-refractivity contribution in [2.45, 2.75) is 32.2 Å². The molecule has 1 aromatic carbocycles. The number of ketones is 2. The van der Waals surface area contributed by atoms with E-state index in [1.165, 1.54) is 6.92 Å². The van der Waals surface area contributed by atoms with E-state index in [9.17, 15) is 14.4 Å². The first-order valence-corrected chi connectivity index (χ1v) is 6.14. The average Bonchev–Trinajstić information content (AvgIpc) is 2.61. The molecule has 0 amide bonds. The summed E-state index contributed by atoms with van der Waals surface area (Å²) in [5, 5.41) is -0.406. The van der Waals surface area contributed by atoms with Crippen molar-refractivity contribution in [1.82, 2.24) is 9.55 Å². The first kappa shape index (κ1) is 8.07. The van der Waals surface area contributed by atoms with Crippen LogP contribution < -0.4 is 11.3 Å². The summed E-state index contributed by atoms with van der Waals surface area (Å²) in [5.74, 6) is -2.02. The van der Waals surface area contributed by atoms with Crippen LogP contribution in [-0.4, -0.2) is 21.1 Å². The Morgan fingerprint density at radius 2 is 2.24 bits per heavy atom. The van der Waals surface area contributed by atoms with E-state index in [4.69, 9.17) is 14.0 Å². The van der Waals surface area contributed by atoms with Gasteiger partial charge in [0.05, 0.1) is 28.8 Å². The third kappa shape index (κ3) is 2.12. The van der Waals surface area contributed by atoms with Gasteiger partial charge in [0.15, 0.2) is 5.78 Å². The minimum absolute atomic E-state index is 0.195. The SMILES string of the molecule is [2H]c1c([2H])c(N)c2c(=O)n(C3([2H])C(=O)CC(=O)C([2H])C3[2H])c(C)nc2c1[2H]. The van der Waals surface area contributed by atoms with Crippen LogP contribution in [0, 0.1) is 6.92 Å². The van der Waals surface area contributed by atoms with Crippen LogP contribution >= 0.6 is 0 Å². The van der Waals surface area contributed by atoms with Crippen molar-refractivity contribution in [1.29, 1.82) is 0 Å². The first-order valence-electron chi connectivity index (χ1n) is 9.29. The average molecular weight is 291 g/mol. The Kier molecular flexibility index (Phi) is 1.84. The van der Waals surface area contributed by atoms with Gasteiger partial charge in [0.1, 0.15) is 11.6 Å². The summed E-state index contributed by atoms with van der Waals surface area (Å²) >= 11 is 0. The smallest absolute Gasteiger partial charge is 0.264 e. The molecular formula is C15H15N3O3. The third-order valence-corrected chi connectivity index (χ3v) is 3.19. The van der Waals surface area contributed by atoms with Gasteiger partial charge in [-0.3, -0.25) is 19.0 Å². The van der Waals surface area contributed by atoms with Gasteiger partial charge in [-0.2, -0.15) is 0 Å². The van der Waals surface area contributed by atoms with Crippen molar-refractivity contribution in [2.75, 3.05) is 5.73 Å². The molecule has 0 aliphatic heterocycles. The van der Waals surface area contributed by atoms with Crippen LogP contribution in [0.1, 0.15) is 39.3 Å². The summed E-state index contributed by atoms with van der Waals surface area (Å²) in [6.45, 7) is 1.28. The number of rotatable bonds is 1. The number of nitrogens with zero attached hydrogens (tertiary/aromatic N) is 2. The Morgan fingerprint density at radius 1 is 1.48 bits per heavy atom. The molecule has 1 aliphatic rings. The number of benzene rings is 1. The third-order valence-electron chi connectivity index (χ3n) is 3.19. The van der Waals surface area contributed by atoms with E-state index in [0.717, 1.165) is 0 Å². The fraction of sp³-hybridized carbons (Fsp3) is 0.333. The van der Waals surface area contributed by atoms with E-state index < -0.39 is 71.6 Å². The summed E-state index contributed by atoms with van der Waals surface area (Å²) in [6, 6.07) is -4.15. The van der Waals surface area contributed by atoms with Gasteiger partial charge < -0.3 is 5.73 Å². The lowest BCUT2D eigenvalue weighted by molar-refractivity contribution is -0.132. The molecule has 0 saturated heterocycles. The van der Waals surface area contributed by atoms with Gasteiger partial charge in [0, 0.05) is 14.8 Å². The van der Waals surface area contributed by atoms with E-state index in [0.29, 0.717) is 4.57 Å². The zero-order chi connectivity index (χ0) is 20.4. The predicted octanol–water partition coefficient (Wildman–Crippen LogP) is 1.15. The van der Waals surface area contributed by atoms with Crippen LogP contribution in [0.3, 0.4) is 0 Å². The largest absolute Gasteiger partial charge is 0.398 e. The highest BCUT2D eigenvalue weighted by Crippen LogP contribution is 2.24. The molecule has 6 nitrogen and oxygen atoms in total. The minimum atomic E-state index is -2.57. The quantitative estimate of drug-likeness (QED) is 0.628. The summed E-state index contributed by atoms with van der Waals surface area (Å²) in [6.07, 6.45) is -4.32. The maximum atomic E-state index is 13.1. The Morgan fingerprint density at radius 3 is 3.00 bits per heavy atom. The van der Waals surface area contributed by atoms with Gasteiger partial charge in [-0.1, -0.05) is 6.04 Å². The Hall–Kier alpha value is -2.50. The van der Waals surface area contributed by atoms with Crippen LogP contribution in [0.5, 0.6) is 0 Å². The van der Waals surface area contributed by atoms with Crippen molar-refractivity contribution in [2.24, 2.45) is 0 Å². The predicted molar refractivity (Wildman–Crippen MR) is 78.1 cm³/mol. The molecule has 0 radical (unpaired) electrons. The van der Waals surface area contributed by atoms with E-state index in [-0.39, 0.29) is 11.3 Å². The molecule has 1 saturated carbocycles. The molecule has 2 aromatic rings. The molecule has 0 bridgehead atoms. The van der Waals surface area contributed by atoms with Crippen LogP contribution in [0.2, 0.25) is 0 Å². The van der Waals surface area contributed by atoms with E-state index in [2.05, 4.69) is 4.98 Å². The van der Waals surface area contributed by atoms with Gasteiger partial charge in [-0.15, -0.1) is 0 Å². The fourth-order valence-electron chi connectivity index (χ4n) is 2.24. The molecule has 0 spiro atoms. The molecule has 108 valence electrons. The molecule has 21 heavy (non-hydrogen) atoms. The van der Waals surface area contributed by atoms with E-state index in [1.807, 2.05) is 0 Å². The van der Waals surface area contributed by atoms with Gasteiger partial charge in [-0.05, 0) is 25.4 Å². The second-order valence-corrected chi connectivity index (χ2v) is 4.60. The number of nitrogens with two attached hydrogens (primary N) is 1. The van der Waals surface area contributed by atoms with Crippen molar-refractivity contribution < 1.29 is 17.8 Å². The highest BCUT2D eigenvalue weighted by atomic mass is 16.2. The summed E-state index contributed by atoms with van der Waals surface area (Å²) in [5.41, 5.74) is 4.06. The highest BCUT2D eigenvalue weighted by molar-refractivity contribution is 6.03. The number of hydrogen-bond donors (Lipinski definition) is 1. The molecule has 1 aromatic heterocycles. The van der Waals surface area contributed by atoms with Gasteiger partial charge >= 0.3 is 0 Å². The topological polar surface area (TPSA) is 95.0 Å². The van der Waals surface area contributed by atoms with Crippen LogP contribution in [0.25, 0.3) is 10.9 Å². The standard InChI is InChI=1S/C15H15N3O3/c1-8-17-11-4-2-3-10(16)14(11)15(21)18(8)12-6-5-9(19)7-13(12)20/h2-4,12H,5-7,16H2,1H3/i2D,3D,4D,5D,6D,12D. The molecule has 3 atom stereocenters. The number of anilines is 1. The zero-order valence-corrected chi connectivity index (χ0v) is 11.1. The molecule has 2 N–H and O–H groups in total. The molecule has 1 heterocycles. The van der Waals surface area contributed by atoms with Crippen molar-refractivity contribution in [3.63, 3.8) is 0 Å². The van der Waals surface area contributed by atoms with Crippen LogP contribution in [0.15, 0.2) is 22.9 Å². The minimum Gasteiger partial charge on any atom is -0.398 e. The number of aryl methyl sites for hydroxylation is 1. The van der Waals surface area contributed by atoms with Crippen molar-refractivity contribution >= 4 is 28.2 Å². The van der Waals surface area contributed by atoms with E-state index in [1.54, 1.807) is 0 Å². The second kappa shape index (κ2) is 4.80. The zero-order valence-electron chi connectivity index (χ0n) is 17.1. The summed E-state index contributed by atoms with van der Waals surface area (Å²) in [4.78, 5) is 41.3. The number of fused-ring (bicyclic) bond motifs is 1. The molecule has 6 heteroatoms. The van der Waals surface area contributed by atoms with Gasteiger partial charge in [0.2, 0.25) is 0 Å². The monoisotopic (exact) mass is 291 g/mol. The van der Waals surface area contributed by atoms with Crippen LogP contribution in [0.4, 0.5) is 5.69 Å². The number of aromatic nitrogens is 2. The summed E-state index contributed by atoms with van der Waals surface area (Å²) in [7, 11) is 0. The Balaban J connectivity index is 2.45. The van der Waals surface area contributed by atoms with E-state index >= 15 is 0 Å². The number of carbonyl (C=O) groups is 2. The summed E-state index contributed by atoms with van der Waals surface area (Å²) < 4.78 is 48.4. The number of nitrogen functional groups attached to an aromatic ring is 1. The van der Waals surface area contributed by atoms with Crippen LogP contribution in [-0.2, 0) is 9.59 Å². The normalized spacial score (nSPS) is 33.8. The number of hydrogen-bond acceptors (Lipinski definition) is 5. The van der Waals surface area contributed by atoms with Crippen molar-refractivity contribution in [3.8, 4) is 0 Å². The maximum Gasteiger partial charge on any atom is 0.264 e.